The topological polar surface area (TPSA) is 61.8 Å². The van der Waals surface area contributed by atoms with Crippen LogP contribution in [0.25, 0.3) is 0 Å². The van der Waals surface area contributed by atoms with Crippen LogP contribution in [0.5, 0.6) is 0 Å². The second-order valence-electron chi connectivity index (χ2n) is 4.68. The van der Waals surface area contributed by atoms with E-state index in [2.05, 4.69) is 0 Å². The SMILES string of the molecule is CC(C)(C)OC(=O)C1(C)COC(=O)CO1. The molecule has 0 radical (unpaired) electrons. The molecule has 1 saturated heterocycles. The summed E-state index contributed by atoms with van der Waals surface area (Å²) in [7, 11) is 0. The maximum atomic E-state index is 11.7. The second-order valence-corrected chi connectivity index (χ2v) is 4.68. The minimum Gasteiger partial charge on any atom is -0.460 e. The van der Waals surface area contributed by atoms with Crippen molar-refractivity contribution < 1.29 is 23.8 Å². The Balaban J connectivity index is 2.62. The molecular formula is C10H16O5. The molecule has 0 aromatic rings. The van der Waals surface area contributed by atoms with Crippen molar-refractivity contribution >= 4 is 11.9 Å². The van der Waals surface area contributed by atoms with Gasteiger partial charge in [0.1, 0.15) is 18.8 Å². The number of ether oxygens (including phenoxy) is 3. The molecule has 1 aliphatic heterocycles. The number of carbonyl (C=O) groups excluding carboxylic acids is 2. The van der Waals surface area contributed by atoms with Gasteiger partial charge in [-0.1, -0.05) is 0 Å². The van der Waals surface area contributed by atoms with Crippen LogP contribution in [0.4, 0.5) is 0 Å². The van der Waals surface area contributed by atoms with Crippen LogP contribution in [0.15, 0.2) is 0 Å². The lowest BCUT2D eigenvalue weighted by atomic mass is 10.1. The summed E-state index contributed by atoms with van der Waals surface area (Å²) in [6.07, 6.45) is 0. The Labute approximate surface area is 88.7 Å². The van der Waals surface area contributed by atoms with Crippen molar-refractivity contribution in [1.29, 1.82) is 0 Å². The number of cyclic esters (lactones) is 1. The van der Waals surface area contributed by atoms with Crippen molar-refractivity contribution in [3.05, 3.63) is 0 Å². The Morgan fingerprint density at radius 1 is 1.47 bits per heavy atom. The molecule has 1 unspecified atom stereocenters. The van der Waals surface area contributed by atoms with E-state index >= 15 is 0 Å². The fourth-order valence-electron chi connectivity index (χ4n) is 1.02. The second kappa shape index (κ2) is 3.81. The Bertz CT molecular complexity index is 266. The molecular weight excluding hydrogens is 200 g/mol. The van der Waals surface area contributed by atoms with Gasteiger partial charge in [0.05, 0.1) is 0 Å². The first-order valence-electron chi connectivity index (χ1n) is 4.76. The van der Waals surface area contributed by atoms with Crippen LogP contribution >= 0.6 is 0 Å². The van der Waals surface area contributed by atoms with Gasteiger partial charge in [-0.15, -0.1) is 0 Å². The minimum absolute atomic E-state index is 0.0965. The van der Waals surface area contributed by atoms with Crippen LogP contribution in [0, 0.1) is 0 Å². The zero-order valence-corrected chi connectivity index (χ0v) is 9.46. The van der Waals surface area contributed by atoms with Crippen LogP contribution in [-0.2, 0) is 23.8 Å². The zero-order valence-electron chi connectivity index (χ0n) is 9.46. The Morgan fingerprint density at radius 2 is 2.07 bits per heavy atom. The van der Waals surface area contributed by atoms with E-state index in [-0.39, 0.29) is 13.2 Å². The van der Waals surface area contributed by atoms with Gasteiger partial charge in [-0.25, -0.2) is 9.59 Å². The van der Waals surface area contributed by atoms with E-state index in [1.807, 2.05) is 0 Å². The van der Waals surface area contributed by atoms with Gasteiger partial charge in [0.15, 0.2) is 5.60 Å². The van der Waals surface area contributed by atoms with Crippen molar-refractivity contribution in [2.45, 2.75) is 38.9 Å². The summed E-state index contributed by atoms with van der Waals surface area (Å²) >= 11 is 0. The van der Waals surface area contributed by atoms with Crippen LogP contribution in [0.2, 0.25) is 0 Å². The predicted octanol–water partition coefficient (Wildman–Crippen LogP) is 0.660. The fraction of sp³-hybridized carbons (Fsp3) is 0.800. The van der Waals surface area contributed by atoms with Crippen LogP contribution in [0.1, 0.15) is 27.7 Å². The lowest BCUT2D eigenvalue weighted by molar-refractivity contribution is -0.206. The van der Waals surface area contributed by atoms with Crippen molar-refractivity contribution in [2.24, 2.45) is 0 Å². The molecule has 1 rings (SSSR count). The monoisotopic (exact) mass is 216 g/mol. The number of rotatable bonds is 1. The van der Waals surface area contributed by atoms with E-state index in [0.29, 0.717) is 0 Å². The highest BCUT2D eigenvalue weighted by atomic mass is 16.6. The van der Waals surface area contributed by atoms with Gasteiger partial charge in [-0.3, -0.25) is 0 Å². The minimum atomic E-state index is -1.18. The van der Waals surface area contributed by atoms with Crippen molar-refractivity contribution in [3.63, 3.8) is 0 Å². The molecule has 5 heteroatoms. The quantitative estimate of drug-likeness (QED) is 0.602. The number of hydrogen-bond donors (Lipinski definition) is 0. The van der Waals surface area contributed by atoms with E-state index in [1.165, 1.54) is 0 Å². The normalized spacial score (nSPS) is 27.1. The van der Waals surface area contributed by atoms with Gasteiger partial charge in [-0.2, -0.15) is 0 Å². The Hall–Kier alpha value is -1.10. The largest absolute Gasteiger partial charge is 0.460 e. The molecule has 1 atom stereocenters. The molecule has 0 saturated carbocycles. The van der Waals surface area contributed by atoms with E-state index in [1.54, 1.807) is 27.7 Å². The Kier molecular flexibility index (Phi) is 3.04. The first-order valence-corrected chi connectivity index (χ1v) is 4.76. The lowest BCUT2D eigenvalue weighted by Gasteiger charge is -2.33. The summed E-state index contributed by atoms with van der Waals surface area (Å²) in [6, 6.07) is 0. The van der Waals surface area contributed by atoms with Gasteiger partial charge in [-0.05, 0) is 27.7 Å². The van der Waals surface area contributed by atoms with Gasteiger partial charge >= 0.3 is 11.9 Å². The molecule has 0 N–H and O–H groups in total. The molecule has 0 aromatic heterocycles. The van der Waals surface area contributed by atoms with Crippen molar-refractivity contribution in [2.75, 3.05) is 13.2 Å². The van der Waals surface area contributed by atoms with Crippen molar-refractivity contribution in [3.8, 4) is 0 Å². The van der Waals surface area contributed by atoms with Crippen LogP contribution in [-0.4, -0.2) is 36.4 Å². The molecule has 5 nitrogen and oxygen atoms in total. The van der Waals surface area contributed by atoms with Crippen molar-refractivity contribution in [1.82, 2.24) is 0 Å². The summed E-state index contributed by atoms with van der Waals surface area (Å²) in [6.45, 7) is 6.54. The average molecular weight is 216 g/mol. The highest BCUT2D eigenvalue weighted by molar-refractivity contribution is 5.82. The summed E-state index contributed by atoms with van der Waals surface area (Å²) in [5, 5.41) is 0. The van der Waals surface area contributed by atoms with Crippen LogP contribution < -0.4 is 0 Å². The molecule has 1 fully saturated rings. The van der Waals surface area contributed by atoms with E-state index in [9.17, 15) is 9.59 Å². The third-order valence-electron chi connectivity index (χ3n) is 1.85. The molecule has 1 heterocycles. The molecule has 0 aliphatic carbocycles. The third kappa shape index (κ3) is 3.20. The first kappa shape index (κ1) is 12.0. The zero-order chi connectivity index (χ0) is 11.7. The first-order chi connectivity index (χ1) is 6.73. The van der Waals surface area contributed by atoms with E-state index in [4.69, 9.17) is 14.2 Å². The molecule has 0 bridgehead atoms. The third-order valence-corrected chi connectivity index (χ3v) is 1.85. The van der Waals surface area contributed by atoms with E-state index < -0.39 is 23.1 Å². The lowest BCUT2D eigenvalue weighted by Crippen LogP contribution is -2.51. The highest BCUT2D eigenvalue weighted by Crippen LogP contribution is 2.21. The van der Waals surface area contributed by atoms with Gasteiger partial charge < -0.3 is 14.2 Å². The average Bonchev–Trinajstić information content (AvgIpc) is 2.07. The Morgan fingerprint density at radius 3 is 2.47 bits per heavy atom. The molecule has 0 spiro atoms. The predicted molar refractivity (Wildman–Crippen MR) is 51.2 cm³/mol. The van der Waals surface area contributed by atoms with Gasteiger partial charge in [0.25, 0.3) is 0 Å². The van der Waals surface area contributed by atoms with Gasteiger partial charge in [0, 0.05) is 0 Å². The summed E-state index contributed by atoms with van der Waals surface area (Å²) < 4.78 is 15.1. The number of hydrogen-bond acceptors (Lipinski definition) is 5. The summed E-state index contributed by atoms with van der Waals surface area (Å²) in [5.74, 6) is -0.974. The highest BCUT2D eigenvalue weighted by Gasteiger charge is 2.43. The maximum Gasteiger partial charge on any atom is 0.342 e. The van der Waals surface area contributed by atoms with Crippen LogP contribution in [0.3, 0.4) is 0 Å². The number of carbonyl (C=O) groups is 2. The standard InChI is InChI=1S/C10H16O5/c1-9(2,3)15-8(12)10(4)6-13-7(11)5-14-10/h5-6H2,1-4H3. The smallest absolute Gasteiger partial charge is 0.342 e. The maximum absolute atomic E-state index is 11.7. The molecule has 1 aliphatic rings. The summed E-state index contributed by atoms with van der Waals surface area (Å²) in [5.41, 5.74) is -1.76. The molecule has 86 valence electrons. The fourth-order valence-corrected chi connectivity index (χ4v) is 1.02. The molecule has 15 heavy (non-hydrogen) atoms. The van der Waals surface area contributed by atoms with Gasteiger partial charge in [0.2, 0.25) is 0 Å². The summed E-state index contributed by atoms with van der Waals surface area (Å²) in [4.78, 5) is 22.5. The molecule has 0 amide bonds. The number of esters is 2. The van der Waals surface area contributed by atoms with E-state index in [0.717, 1.165) is 0 Å². The molecule has 0 aromatic carbocycles.